The van der Waals surface area contributed by atoms with Crippen molar-refractivity contribution in [3.63, 3.8) is 0 Å². The molecule has 0 aliphatic carbocycles. The molecular weight excluding hydrogens is 417 g/mol. The van der Waals surface area contributed by atoms with E-state index in [0.717, 1.165) is 44.1 Å². The Morgan fingerprint density at radius 1 is 1.12 bits per heavy atom. The lowest BCUT2D eigenvalue weighted by atomic mass is 10.1. The van der Waals surface area contributed by atoms with Crippen LogP contribution in [0, 0.1) is 0 Å². The van der Waals surface area contributed by atoms with Crippen LogP contribution in [0.4, 0.5) is 0 Å². The van der Waals surface area contributed by atoms with Crippen LogP contribution < -0.4 is 10.6 Å². The Balaban J connectivity index is 0.00000529. The summed E-state index contributed by atoms with van der Waals surface area (Å²) in [6.07, 6.45) is 3.29. The maximum atomic E-state index is 5.55. The fourth-order valence-corrected chi connectivity index (χ4v) is 2.14. The van der Waals surface area contributed by atoms with Crippen molar-refractivity contribution in [2.45, 2.75) is 32.3 Å². The van der Waals surface area contributed by atoms with Gasteiger partial charge < -0.3 is 20.1 Å². The van der Waals surface area contributed by atoms with Crippen molar-refractivity contribution in [1.82, 2.24) is 10.6 Å². The molecular formula is C18H32IN3O2. The first-order valence-electron chi connectivity index (χ1n) is 8.41. The molecule has 6 heteroatoms. The topological polar surface area (TPSA) is 54.9 Å². The Labute approximate surface area is 163 Å². The van der Waals surface area contributed by atoms with E-state index in [1.807, 2.05) is 18.2 Å². The summed E-state index contributed by atoms with van der Waals surface area (Å²) in [5.74, 6) is 0.788. The fourth-order valence-electron chi connectivity index (χ4n) is 2.14. The van der Waals surface area contributed by atoms with Gasteiger partial charge in [-0.2, -0.15) is 0 Å². The van der Waals surface area contributed by atoms with E-state index in [1.54, 1.807) is 14.2 Å². The maximum absolute atomic E-state index is 5.55. The second-order valence-electron chi connectivity index (χ2n) is 5.33. The Bertz CT molecular complexity index is 430. The summed E-state index contributed by atoms with van der Waals surface area (Å²) >= 11 is 0. The van der Waals surface area contributed by atoms with Crippen molar-refractivity contribution in [2.75, 3.05) is 40.5 Å². The van der Waals surface area contributed by atoms with E-state index in [9.17, 15) is 0 Å². The van der Waals surface area contributed by atoms with E-state index in [2.05, 4.69) is 34.7 Å². The Hall–Kier alpha value is -0.860. The molecule has 0 radical (unpaired) electrons. The Morgan fingerprint density at radius 3 is 2.46 bits per heavy atom. The predicted octanol–water partition coefficient (Wildman–Crippen LogP) is 3.36. The van der Waals surface area contributed by atoms with Crippen LogP contribution in [0.25, 0.3) is 0 Å². The summed E-state index contributed by atoms with van der Waals surface area (Å²) < 4.78 is 11.1. The van der Waals surface area contributed by atoms with Gasteiger partial charge in [-0.1, -0.05) is 43.7 Å². The van der Waals surface area contributed by atoms with E-state index >= 15 is 0 Å². The van der Waals surface area contributed by atoms with Crippen LogP contribution in [-0.4, -0.2) is 46.4 Å². The average molecular weight is 449 g/mol. The minimum Gasteiger partial charge on any atom is -0.381 e. The van der Waals surface area contributed by atoms with Gasteiger partial charge in [0, 0.05) is 40.5 Å². The number of aliphatic imine (C=N–C) groups is 1. The Kier molecular flexibility index (Phi) is 15.1. The van der Waals surface area contributed by atoms with E-state index in [0.29, 0.717) is 6.54 Å². The van der Waals surface area contributed by atoms with Crippen molar-refractivity contribution >= 4 is 29.9 Å². The van der Waals surface area contributed by atoms with Crippen molar-refractivity contribution < 1.29 is 9.47 Å². The minimum absolute atomic E-state index is 0. The molecule has 0 aromatic heterocycles. The highest BCUT2D eigenvalue weighted by atomic mass is 127. The van der Waals surface area contributed by atoms with Gasteiger partial charge >= 0.3 is 0 Å². The molecule has 0 amide bonds. The summed E-state index contributed by atoms with van der Waals surface area (Å²) in [4.78, 5) is 4.23. The number of hydrogen-bond donors (Lipinski definition) is 2. The zero-order valence-electron chi connectivity index (χ0n) is 15.1. The molecule has 1 atom stereocenters. The summed E-state index contributed by atoms with van der Waals surface area (Å²) in [6, 6.07) is 10.2. The van der Waals surface area contributed by atoms with E-state index in [-0.39, 0.29) is 30.1 Å². The standard InChI is InChI=1S/C18H31N3O2.HI/c1-4-5-13-23-14-9-12-20-18(19-2)21-15-17(22-3)16-10-7-6-8-11-16;/h6-8,10-11,17H,4-5,9,12-15H2,1-3H3,(H2,19,20,21);1H. The van der Waals surface area contributed by atoms with Crippen LogP contribution in [0.2, 0.25) is 0 Å². The molecule has 1 aromatic rings. The lowest BCUT2D eigenvalue weighted by Crippen LogP contribution is -2.40. The first-order valence-corrected chi connectivity index (χ1v) is 8.41. The SMILES string of the molecule is CCCCOCCCNC(=NC)NCC(OC)c1ccccc1.I. The van der Waals surface area contributed by atoms with Crippen LogP contribution in [0.15, 0.2) is 35.3 Å². The van der Waals surface area contributed by atoms with Crippen molar-refractivity contribution in [3.05, 3.63) is 35.9 Å². The number of benzene rings is 1. The zero-order chi connectivity index (χ0) is 16.8. The van der Waals surface area contributed by atoms with Gasteiger partial charge in [-0.3, -0.25) is 4.99 Å². The highest BCUT2D eigenvalue weighted by Crippen LogP contribution is 2.14. The highest BCUT2D eigenvalue weighted by Gasteiger charge is 2.10. The number of hydrogen-bond acceptors (Lipinski definition) is 3. The molecule has 2 N–H and O–H groups in total. The average Bonchev–Trinajstić information content (AvgIpc) is 2.60. The molecule has 0 aliphatic heterocycles. The second-order valence-corrected chi connectivity index (χ2v) is 5.33. The predicted molar refractivity (Wildman–Crippen MR) is 111 cm³/mol. The van der Waals surface area contributed by atoms with Gasteiger partial charge in [-0.25, -0.2) is 0 Å². The van der Waals surface area contributed by atoms with Crippen LogP contribution in [0.1, 0.15) is 37.9 Å². The normalized spacial score (nSPS) is 12.4. The molecule has 1 unspecified atom stereocenters. The molecule has 138 valence electrons. The van der Waals surface area contributed by atoms with Gasteiger partial charge in [-0.15, -0.1) is 24.0 Å². The van der Waals surface area contributed by atoms with Crippen molar-refractivity contribution in [1.29, 1.82) is 0 Å². The smallest absolute Gasteiger partial charge is 0.191 e. The lowest BCUT2D eigenvalue weighted by Gasteiger charge is -2.18. The number of rotatable bonds is 11. The second kappa shape index (κ2) is 15.7. The summed E-state index contributed by atoms with van der Waals surface area (Å²) in [7, 11) is 3.50. The number of unbranched alkanes of at least 4 members (excludes halogenated alkanes) is 1. The molecule has 0 fully saturated rings. The third-order valence-electron chi connectivity index (χ3n) is 3.53. The third kappa shape index (κ3) is 10.1. The first kappa shape index (κ1) is 23.1. The van der Waals surface area contributed by atoms with Crippen LogP contribution in [-0.2, 0) is 9.47 Å². The monoisotopic (exact) mass is 449 g/mol. The number of ether oxygens (including phenoxy) is 2. The molecule has 5 nitrogen and oxygen atoms in total. The van der Waals surface area contributed by atoms with E-state index in [1.165, 1.54) is 6.42 Å². The maximum Gasteiger partial charge on any atom is 0.191 e. The van der Waals surface area contributed by atoms with Crippen LogP contribution >= 0.6 is 24.0 Å². The number of nitrogens with zero attached hydrogens (tertiary/aromatic N) is 1. The minimum atomic E-state index is 0. The van der Waals surface area contributed by atoms with Gasteiger partial charge in [0.25, 0.3) is 0 Å². The Morgan fingerprint density at radius 2 is 1.83 bits per heavy atom. The largest absolute Gasteiger partial charge is 0.381 e. The zero-order valence-corrected chi connectivity index (χ0v) is 17.4. The first-order chi connectivity index (χ1) is 11.3. The number of guanidine groups is 1. The quantitative estimate of drug-likeness (QED) is 0.236. The molecule has 1 aromatic carbocycles. The number of nitrogens with one attached hydrogen (secondary N) is 2. The van der Waals surface area contributed by atoms with E-state index < -0.39 is 0 Å². The molecule has 0 saturated carbocycles. The van der Waals surface area contributed by atoms with Crippen molar-refractivity contribution in [3.8, 4) is 0 Å². The summed E-state index contributed by atoms with van der Waals surface area (Å²) in [5.41, 5.74) is 1.15. The molecule has 0 aliphatic rings. The molecule has 0 saturated heterocycles. The highest BCUT2D eigenvalue weighted by molar-refractivity contribution is 14.0. The van der Waals surface area contributed by atoms with Crippen LogP contribution in [0.3, 0.4) is 0 Å². The van der Waals surface area contributed by atoms with Gasteiger partial charge in [0.05, 0.1) is 6.10 Å². The number of methoxy groups -OCH3 is 1. The molecule has 24 heavy (non-hydrogen) atoms. The van der Waals surface area contributed by atoms with Crippen molar-refractivity contribution in [2.24, 2.45) is 4.99 Å². The van der Waals surface area contributed by atoms with Gasteiger partial charge in [0.2, 0.25) is 0 Å². The molecule has 1 rings (SSSR count). The molecule has 0 bridgehead atoms. The van der Waals surface area contributed by atoms with Crippen LogP contribution in [0.5, 0.6) is 0 Å². The number of halogens is 1. The fraction of sp³-hybridized carbons (Fsp3) is 0.611. The lowest BCUT2D eigenvalue weighted by molar-refractivity contribution is 0.106. The third-order valence-corrected chi connectivity index (χ3v) is 3.53. The summed E-state index contributed by atoms with van der Waals surface area (Å²) in [6.45, 7) is 5.33. The summed E-state index contributed by atoms with van der Waals surface area (Å²) in [5, 5.41) is 6.60. The van der Waals surface area contributed by atoms with Gasteiger partial charge in [0.15, 0.2) is 5.96 Å². The van der Waals surface area contributed by atoms with Gasteiger partial charge in [0.1, 0.15) is 0 Å². The molecule has 0 heterocycles. The van der Waals surface area contributed by atoms with E-state index in [4.69, 9.17) is 9.47 Å². The molecule has 0 spiro atoms. The van der Waals surface area contributed by atoms with Gasteiger partial charge in [-0.05, 0) is 18.4 Å².